The van der Waals surface area contributed by atoms with Crippen LogP contribution < -0.4 is 5.32 Å². The van der Waals surface area contributed by atoms with E-state index in [0.29, 0.717) is 11.6 Å². The third-order valence-corrected chi connectivity index (χ3v) is 4.97. The lowest BCUT2D eigenvalue weighted by Gasteiger charge is -2.15. The minimum Gasteiger partial charge on any atom is -0.351 e. The Hall–Kier alpha value is -1.45. The first kappa shape index (κ1) is 16.9. The van der Waals surface area contributed by atoms with Crippen molar-refractivity contribution in [3.8, 4) is 0 Å². The van der Waals surface area contributed by atoms with Crippen LogP contribution in [-0.4, -0.2) is 11.2 Å². The maximum atomic E-state index is 12.3. The molecule has 0 bridgehead atoms. The zero-order valence-corrected chi connectivity index (χ0v) is 14.4. The number of hydrogen-bond acceptors (Lipinski definition) is 2. The van der Waals surface area contributed by atoms with Gasteiger partial charge in [-0.15, -0.1) is 11.8 Å². The summed E-state index contributed by atoms with van der Waals surface area (Å²) >= 11 is 7.46. The second-order valence-corrected chi connectivity index (χ2v) is 6.88. The molecule has 0 spiro atoms. The number of aryl methyl sites for hydroxylation is 1. The minimum atomic E-state index is -0.0911. The first-order chi connectivity index (χ1) is 10.6. The fourth-order valence-electron chi connectivity index (χ4n) is 2.01. The van der Waals surface area contributed by atoms with Crippen LogP contribution in [0.3, 0.4) is 0 Å². The molecule has 22 heavy (non-hydrogen) atoms. The van der Waals surface area contributed by atoms with Crippen LogP contribution >= 0.6 is 23.4 Å². The first-order valence-electron chi connectivity index (χ1n) is 7.34. The molecule has 0 saturated carbocycles. The molecular weight excluding hydrogens is 314 g/mol. The molecule has 0 radical (unpaired) electrons. The van der Waals surface area contributed by atoms with Crippen molar-refractivity contribution in [2.75, 3.05) is 0 Å². The van der Waals surface area contributed by atoms with Gasteiger partial charge in [0.25, 0.3) is 0 Å². The van der Waals surface area contributed by atoms with Crippen molar-refractivity contribution in [3.63, 3.8) is 0 Å². The summed E-state index contributed by atoms with van der Waals surface area (Å²) in [6, 6.07) is 15.8. The van der Waals surface area contributed by atoms with Crippen LogP contribution in [0.1, 0.15) is 24.5 Å². The molecule has 4 heteroatoms. The Morgan fingerprint density at radius 3 is 2.36 bits per heavy atom. The summed E-state index contributed by atoms with van der Waals surface area (Å²) < 4.78 is 0. The highest BCUT2D eigenvalue weighted by atomic mass is 35.5. The smallest absolute Gasteiger partial charge is 0.233 e. The number of hydrogen-bond donors (Lipinski definition) is 1. The molecule has 2 nitrogen and oxygen atoms in total. The highest BCUT2D eigenvalue weighted by Gasteiger charge is 2.17. The lowest BCUT2D eigenvalue weighted by atomic mass is 10.1. The highest BCUT2D eigenvalue weighted by molar-refractivity contribution is 8.00. The summed E-state index contributed by atoms with van der Waals surface area (Å²) in [4.78, 5) is 13.4. The Balaban J connectivity index is 1.91. The van der Waals surface area contributed by atoms with E-state index in [2.05, 4.69) is 24.4 Å². The average molecular weight is 334 g/mol. The van der Waals surface area contributed by atoms with Crippen molar-refractivity contribution in [2.45, 2.75) is 37.0 Å². The molecule has 0 saturated heterocycles. The van der Waals surface area contributed by atoms with Crippen molar-refractivity contribution in [3.05, 3.63) is 64.7 Å². The Morgan fingerprint density at radius 2 is 1.77 bits per heavy atom. The molecule has 0 aliphatic carbocycles. The number of halogens is 1. The fourth-order valence-corrected chi connectivity index (χ4v) is 3.11. The molecule has 1 N–H and O–H groups in total. The van der Waals surface area contributed by atoms with E-state index >= 15 is 0 Å². The Morgan fingerprint density at radius 1 is 1.14 bits per heavy atom. The van der Waals surface area contributed by atoms with Gasteiger partial charge in [-0.25, -0.2) is 0 Å². The number of carbonyl (C=O) groups excluding carboxylic acids is 1. The number of rotatable bonds is 6. The van der Waals surface area contributed by atoms with E-state index in [4.69, 9.17) is 11.6 Å². The van der Waals surface area contributed by atoms with Crippen LogP contribution in [0.5, 0.6) is 0 Å². The SMILES string of the molecule is CC[C@@H](Sc1ccc(Cl)cc1)C(=O)NCc1ccc(C)cc1. The topological polar surface area (TPSA) is 29.1 Å². The maximum Gasteiger partial charge on any atom is 0.233 e. The van der Waals surface area contributed by atoms with E-state index in [1.807, 2.05) is 43.3 Å². The highest BCUT2D eigenvalue weighted by Crippen LogP contribution is 2.26. The average Bonchev–Trinajstić information content (AvgIpc) is 2.53. The Kier molecular flexibility index (Phi) is 6.34. The van der Waals surface area contributed by atoms with Crippen molar-refractivity contribution >= 4 is 29.3 Å². The molecule has 1 atom stereocenters. The number of thioether (sulfide) groups is 1. The van der Waals surface area contributed by atoms with Gasteiger partial charge in [-0.05, 0) is 43.2 Å². The Bertz CT molecular complexity index is 610. The molecule has 1 amide bonds. The molecule has 0 aliphatic rings. The summed E-state index contributed by atoms with van der Waals surface area (Å²) in [6.45, 7) is 4.65. The summed E-state index contributed by atoms with van der Waals surface area (Å²) in [6.07, 6.45) is 0.785. The second-order valence-electron chi connectivity index (χ2n) is 5.17. The van der Waals surface area contributed by atoms with Crippen LogP contribution in [0.15, 0.2) is 53.4 Å². The van der Waals surface area contributed by atoms with Gasteiger partial charge in [0, 0.05) is 16.5 Å². The normalized spacial score (nSPS) is 12.0. The van der Waals surface area contributed by atoms with Crippen molar-refractivity contribution in [1.82, 2.24) is 5.32 Å². The summed E-state index contributed by atoms with van der Waals surface area (Å²) in [7, 11) is 0. The molecule has 0 fully saturated rings. The second kappa shape index (κ2) is 8.25. The van der Waals surface area contributed by atoms with Gasteiger partial charge in [0.1, 0.15) is 0 Å². The molecule has 2 aromatic rings. The number of carbonyl (C=O) groups is 1. The minimum absolute atomic E-state index is 0.0722. The van der Waals surface area contributed by atoms with Crippen molar-refractivity contribution in [2.24, 2.45) is 0 Å². The largest absolute Gasteiger partial charge is 0.351 e. The van der Waals surface area contributed by atoms with Gasteiger partial charge >= 0.3 is 0 Å². The maximum absolute atomic E-state index is 12.3. The number of amides is 1. The van der Waals surface area contributed by atoms with E-state index in [-0.39, 0.29) is 11.2 Å². The van der Waals surface area contributed by atoms with E-state index in [9.17, 15) is 4.79 Å². The zero-order valence-electron chi connectivity index (χ0n) is 12.8. The first-order valence-corrected chi connectivity index (χ1v) is 8.59. The third kappa shape index (κ3) is 5.08. The summed E-state index contributed by atoms with van der Waals surface area (Å²) in [5, 5.41) is 3.63. The molecule has 2 aromatic carbocycles. The van der Waals surface area contributed by atoms with Crippen LogP contribution in [0.4, 0.5) is 0 Å². The molecular formula is C18H20ClNOS. The quantitative estimate of drug-likeness (QED) is 0.767. The number of benzene rings is 2. The lowest BCUT2D eigenvalue weighted by molar-refractivity contribution is -0.120. The molecule has 116 valence electrons. The van der Waals surface area contributed by atoms with Crippen LogP contribution in [0.2, 0.25) is 5.02 Å². The lowest BCUT2D eigenvalue weighted by Crippen LogP contribution is -2.31. The molecule has 2 rings (SSSR count). The van der Waals surface area contributed by atoms with Gasteiger partial charge in [-0.1, -0.05) is 48.4 Å². The Labute approximate surface area is 141 Å². The van der Waals surface area contributed by atoms with Gasteiger partial charge in [0.05, 0.1) is 5.25 Å². The third-order valence-electron chi connectivity index (χ3n) is 3.34. The molecule has 0 aromatic heterocycles. The predicted octanol–water partition coefficient (Wildman–Crippen LogP) is 4.84. The van der Waals surface area contributed by atoms with Crippen molar-refractivity contribution in [1.29, 1.82) is 0 Å². The van der Waals surface area contributed by atoms with E-state index in [1.54, 1.807) is 11.8 Å². The van der Waals surface area contributed by atoms with Gasteiger partial charge in [0.2, 0.25) is 5.91 Å². The molecule has 0 unspecified atom stereocenters. The van der Waals surface area contributed by atoms with E-state index in [1.165, 1.54) is 5.56 Å². The van der Waals surface area contributed by atoms with Crippen LogP contribution in [-0.2, 0) is 11.3 Å². The van der Waals surface area contributed by atoms with Gasteiger partial charge in [-0.3, -0.25) is 4.79 Å². The van der Waals surface area contributed by atoms with E-state index < -0.39 is 0 Å². The van der Waals surface area contributed by atoms with Gasteiger partial charge in [-0.2, -0.15) is 0 Å². The van der Waals surface area contributed by atoms with Gasteiger partial charge < -0.3 is 5.32 Å². The predicted molar refractivity (Wildman–Crippen MR) is 94.4 cm³/mol. The van der Waals surface area contributed by atoms with Crippen LogP contribution in [0, 0.1) is 6.92 Å². The monoisotopic (exact) mass is 333 g/mol. The number of nitrogens with one attached hydrogen (secondary N) is 1. The molecule has 0 aliphatic heterocycles. The molecule has 0 heterocycles. The standard InChI is InChI=1S/C18H20ClNOS/c1-3-17(22-16-10-8-15(19)9-11-16)18(21)20-12-14-6-4-13(2)5-7-14/h4-11,17H,3,12H2,1-2H3,(H,20,21)/t17-/m1/s1. The van der Waals surface area contributed by atoms with Crippen LogP contribution in [0.25, 0.3) is 0 Å². The summed E-state index contributed by atoms with van der Waals surface area (Å²) in [5.74, 6) is 0.0722. The van der Waals surface area contributed by atoms with Crippen molar-refractivity contribution < 1.29 is 4.79 Å². The zero-order chi connectivity index (χ0) is 15.9. The fraction of sp³-hybridized carbons (Fsp3) is 0.278. The van der Waals surface area contributed by atoms with Gasteiger partial charge in [0.15, 0.2) is 0 Å². The van der Waals surface area contributed by atoms with E-state index in [0.717, 1.165) is 16.9 Å². The summed E-state index contributed by atoms with van der Waals surface area (Å²) in [5.41, 5.74) is 2.34.